The summed E-state index contributed by atoms with van der Waals surface area (Å²) in [5.74, 6) is -0.462. The quantitative estimate of drug-likeness (QED) is 0.641. The highest BCUT2D eigenvalue weighted by Gasteiger charge is 2.25. The third-order valence-corrected chi connectivity index (χ3v) is 3.65. The van der Waals surface area contributed by atoms with E-state index in [1.54, 1.807) is 24.3 Å². The van der Waals surface area contributed by atoms with Crippen LogP contribution in [0.4, 0.5) is 0 Å². The van der Waals surface area contributed by atoms with Crippen LogP contribution in [0.5, 0.6) is 0 Å². The number of benzene rings is 1. The van der Waals surface area contributed by atoms with E-state index in [0.717, 1.165) is 25.7 Å². The standard InChI is InChI=1S/C17H17N3O2/c18-10-13(17(22)20-15-6-7-15)9-11-2-1-3-12(8-11)16(21)19-14-4-5-14/h1-3,8-9,14-15H,4-7H2,(H,19,21)(H,20,22)/b13-9+. The van der Waals surface area contributed by atoms with E-state index in [0.29, 0.717) is 17.2 Å². The van der Waals surface area contributed by atoms with Crippen LogP contribution in [0.3, 0.4) is 0 Å². The lowest BCUT2D eigenvalue weighted by Gasteiger charge is -2.05. The van der Waals surface area contributed by atoms with Gasteiger partial charge in [0.05, 0.1) is 0 Å². The second-order valence-corrected chi connectivity index (χ2v) is 5.79. The second-order valence-electron chi connectivity index (χ2n) is 5.79. The molecule has 2 aliphatic rings. The van der Waals surface area contributed by atoms with E-state index in [1.807, 2.05) is 6.07 Å². The number of hydrogen-bond acceptors (Lipinski definition) is 3. The molecule has 112 valence electrons. The molecular weight excluding hydrogens is 278 g/mol. The summed E-state index contributed by atoms with van der Waals surface area (Å²) >= 11 is 0. The van der Waals surface area contributed by atoms with Crippen molar-refractivity contribution in [3.63, 3.8) is 0 Å². The van der Waals surface area contributed by atoms with Crippen molar-refractivity contribution in [3.8, 4) is 6.07 Å². The Morgan fingerprint density at radius 1 is 1.14 bits per heavy atom. The van der Waals surface area contributed by atoms with E-state index in [9.17, 15) is 9.59 Å². The summed E-state index contributed by atoms with van der Waals surface area (Å²) in [5, 5.41) is 14.8. The number of nitrogens with zero attached hydrogens (tertiary/aromatic N) is 1. The van der Waals surface area contributed by atoms with E-state index < -0.39 is 0 Å². The Bertz CT molecular complexity index is 679. The zero-order chi connectivity index (χ0) is 15.5. The molecule has 22 heavy (non-hydrogen) atoms. The lowest BCUT2D eigenvalue weighted by Crippen LogP contribution is -2.26. The fourth-order valence-electron chi connectivity index (χ4n) is 2.07. The van der Waals surface area contributed by atoms with Gasteiger partial charge in [0.15, 0.2) is 0 Å². The number of hydrogen-bond donors (Lipinski definition) is 2. The van der Waals surface area contributed by atoms with E-state index in [1.165, 1.54) is 6.08 Å². The van der Waals surface area contributed by atoms with Gasteiger partial charge in [-0.2, -0.15) is 5.26 Å². The fraction of sp³-hybridized carbons (Fsp3) is 0.353. The minimum atomic E-state index is -0.349. The van der Waals surface area contributed by atoms with E-state index in [2.05, 4.69) is 10.6 Å². The van der Waals surface area contributed by atoms with Crippen LogP contribution in [-0.2, 0) is 4.79 Å². The van der Waals surface area contributed by atoms with Crippen LogP contribution in [0.2, 0.25) is 0 Å². The molecule has 0 aliphatic heterocycles. The number of carbonyl (C=O) groups is 2. The van der Waals surface area contributed by atoms with Crippen LogP contribution in [0.15, 0.2) is 29.8 Å². The molecule has 0 bridgehead atoms. The molecule has 0 unspecified atom stereocenters. The normalized spacial score (nSPS) is 17.5. The number of nitriles is 1. The van der Waals surface area contributed by atoms with Crippen molar-refractivity contribution >= 4 is 17.9 Å². The fourth-order valence-corrected chi connectivity index (χ4v) is 2.07. The van der Waals surface area contributed by atoms with Crippen LogP contribution >= 0.6 is 0 Å². The summed E-state index contributed by atoms with van der Waals surface area (Å²) in [6, 6.07) is 9.37. The van der Waals surface area contributed by atoms with Crippen LogP contribution in [0, 0.1) is 11.3 Å². The van der Waals surface area contributed by atoms with E-state index >= 15 is 0 Å². The molecule has 0 spiro atoms. The first-order chi connectivity index (χ1) is 10.7. The highest BCUT2D eigenvalue weighted by atomic mass is 16.2. The summed E-state index contributed by atoms with van der Waals surface area (Å²) in [5.41, 5.74) is 1.28. The Kier molecular flexibility index (Phi) is 3.92. The molecule has 2 fully saturated rings. The Labute approximate surface area is 129 Å². The molecule has 0 atom stereocenters. The maximum Gasteiger partial charge on any atom is 0.262 e. The smallest absolute Gasteiger partial charge is 0.262 e. The van der Waals surface area contributed by atoms with Crippen LogP contribution < -0.4 is 10.6 Å². The highest BCUT2D eigenvalue weighted by molar-refractivity contribution is 6.02. The molecule has 5 heteroatoms. The molecular formula is C17H17N3O2. The average molecular weight is 295 g/mol. The van der Waals surface area contributed by atoms with Gasteiger partial charge in [0.1, 0.15) is 11.6 Å². The Balaban J connectivity index is 1.74. The van der Waals surface area contributed by atoms with Crippen molar-refractivity contribution in [2.45, 2.75) is 37.8 Å². The SMILES string of the molecule is N#C/C(=C\c1cccc(C(=O)NC2CC2)c1)C(=O)NC1CC1. The molecule has 0 saturated heterocycles. The van der Waals surface area contributed by atoms with Crippen molar-refractivity contribution in [1.29, 1.82) is 5.26 Å². The number of nitrogens with one attached hydrogen (secondary N) is 2. The zero-order valence-electron chi connectivity index (χ0n) is 12.1. The van der Waals surface area contributed by atoms with Gasteiger partial charge in [-0.1, -0.05) is 12.1 Å². The maximum absolute atomic E-state index is 12.0. The van der Waals surface area contributed by atoms with Crippen molar-refractivity contribution in [1.82, 2.24) is 10.6 Å². The van der Waals surface area contributed by atoms with Crippen LogP contribution in [-0.4, -0.2) is 23.9 Å². The van der Waals surface area contributed by atoms with E-state index in [4.69, 9.17) is 5.26 Å². The van der Waals surface area contributed by atoms with Gasteiger partial charge in [0.25, 0.3) is 11.8 Å². The zero-order valence-corrected chi connectivity index (χ0v) is 12.1. The van der Waals surface area contributed by atoms with E-state index in [-0.39, 0.29) is 23.4 Å². The largest absolute Gasteiger partial charge is 0.349 e. The summed E-state index contributed by atoms with van der Waals surface area (Å²) in [6.45, 7) is 0. The molecule has 2 aliphatic carbocycles. The minimum absolute atomic E-state index is 0.0617. The summed E-state index contributed by atoms with van der Waals surface area (Å²) < 4.78 is 0. The van der Waals surface area contributed by atoms with Crippen molar-refractivity contribution in [3.05, 3.63) is 41.0 Å². The Morgan fingerprint density at radius 3 is 2.45 bits per heavy atom. The molecule has 3 rings (SSSR count). The Morgan fingerprint density at radius 2 is 1.82 bits per heavy atom. The molecule has 2 N–H and O–H groups in total. The predicted octanol–water partition coefficient (Wildman–Crippen LogP) is 1.76. The van der Waals surface area contributed by atoms with Gasteiger partial charge in [-0.05, 0) is 49.5 Å². The van der Waals surface area contributed by atoms with Gasteiger partial charge < -0.3 is 10.6 Å². The Hall–Kier alpha value is -2.61. The van der Waals surface area contributed by atoms with Gasteiger partial charge >= 0.3 is 0 Å². The van der Waals surface area contributed by atoms with Crippen LogP contribution in [0.1, 0.15) is 41.6 Å². The molecule has 1 aromatic rings. The lowest BCUT2D eigenvalue weighted by molar-refractivity contribution is -0.117. The second kappa shape index (κ2) is 6.02. The molecule has 0 radical (unpaired) electrons. The molecule has 1 aromatic carbocycles. The van der Waals surface area contributed by atoms with Gasteiger partial charge in [-0.3, -0.25) is 9.59 Å². The van der Waals surface area contributed by atoms with Crippen LogP contribution in [0.25, 0.3) is 6.08 Å². The third kappa shape index (κ3) is 3.73. The van der Waals surface area contributed by atoms with Gasteiger partial charge in [-0.25, -0.2) is 0 Å². The van der Waals surface area contributed by atoms with Crippen molar-refractivity contribution in [2.24, 2.45) is 0 Å². The van der Waals surface area contributed by atoms with Gasteiger partial charge in [0.2, 0.25) is 0 Å². The van der Waals surface area contributed by atoms with Crippen molar-refractivity contribution < 1.29 is 9.59 Å². The summed E-state index contributed by atoms with van der Waals surface area (Å²) in [7, 11) is 0. The maximum atomic E-state index is 12.0. The molecule has 0 heterocycles. The number of amides is 2. The lowest BCUT2D eigenvalue weighted by atomic mass is 10.1. The first-order valence-corrected chi connectivity index (χ1v) is 7.49. The minimum Gasteiger partial charge on any atom is -0.349 e. The molecule has 2 amide bonds. The first kappa shape index (κ1) is 14.3. The highest BCUT2D eigenvalue weighted by Crippen LogP contribution is 2.20. The first-order valence-electron chi connectivity index (χ1n) is 7.49. The molecule has 5 nitrogen and oxygen atoms in total. The topological polar surface area (TPSA) is 82.0 Å². The predicted molar refractivity (Wildman–Crippen MR) is 81.7 cm³/mol. The number of rotatable bonds is 5. The summed E-state index contributed by atoms with van der Waals surface area (Å²) in [4.78, 5) is 23.9. The molecule has 0 aromatic heterocycles. The van der Waals surface area contributed by atoms with Gasteiger partial charge in [-0.15, -0.1) is 0 Å². The average Bonchev–Trinajstić information content (AvgIpc) is 3.41. The third-order valence-electron chi connectivity index (χ3n) is 3.65. The van der Waals surface area contributed by atoms with Crippen molar-refractivity contribution in [2.75, 3.05) is 0 Å². The summed E-state index contributed by atoms with van der Waals surface area (Å²) in [6.07, 6.45) is 5.53. The van der Waals surface area contributed by atoms with Gasteiger partial charge in [0, 0.05) is 17.6 Å². The number of carbonyl (C=O) groups excluding carboxylic acids is 2. The monoisotopic (exact) mass is 295 g/mol. The molecule has 2 saturated carbocycles.